The van der Waals surface area contributed by atoms with Gasteiger partial charge >= 0.3 is 10.1 Å². The van der Waals surface area contributed by atoms with E-state index in [4.69, 9.17) is 4.55 Å². The molecule has 0 bridgehead atoms. The molecule has 0 heterocycles. The molecule has 0 aliphatic rings. The molecular weight excluding hydrogens is 301 g/mol. The second-order valence-electron chi connectivity index (χ2n) is 3.04. The zero-order valence-electron chi connectivity index (χ0n) is 8.30. The van der Waals surface area contributed by atoms with Crippen LogP contribution in [0.15, 0.2) is 12.1 Å². The van der Waals surface area contributed by atoms with Crippen molar-refractivity contribution in [3.05, 3.63) is 29.6 Å². The molecule has 6 nitrogen and oxygen atoms in total. The van der Waals surface area contributed by atoms with Crippen LogP contribution < -0.4 is 4.18 Å². The maximum absolute atomic E-state index is 13.0. The van der Waals surface area contributed by atoms with E-state index in [1.807, 2.05) is 0 Å². The third-order valence-corrected chi connectivity index (χ3v) is 4.23. The molecule has 1 N–H and O–H groups in total. The molecule has 11 heteroatoms. The first-order chi connectivity index (χ1) is 8.00. The van der Waals surface area contributed by atoms with Gasteiger partial charge in [-0.2, -0.15) is 16.8 Å². The molecule has 102 valence electrons. The molecule has 0 atom stereocenters. The van der Waals surface area contributed by atoms with E-state index in [9.17, 15) is 30.0 Å². The second kappa shape index (κ2) is 4.74. The summed E-state index contributed by atoms with van der Waals surface area (Å²) in [6, 6.07) is 0.281. The highest BCUT2D eigenvalue weighted by Crippen LogP contribution is 2.24. The normalized spacial score (nSPS) is 12.4. The molecule has 0 aromatic heterocycles. The molecule has 18 heavy (non-hydrogen) atoms. The summed E-state index contributed by atoms with van der Waals surface area (Å²) >= 11 is 0. The molecule has 1 aromatic carbocycles. The Kier molecular flexibility index (Phi) is 3.88. The zero-order valence-corrected chi connectivity index (χ0v) is 9.93. The van der Waals surface area contributed by atoms with Crippen molar-refractivity contribution in [3.63, 3.8) is 0 Å². The molecule has 0 radical (unpaired) electrons. The van der Waals surface area contributed by atoms with Crippen molar-refractivity contribution in [3.8, 4) is 5.75 Å². The SMILES string of the molecule is O=S(=O)(O)CS(=O)(=O)Oc1c(F)cc(F)cc1F. The van der Waals surface area contributed by atoms with Crippen LogP contribution in [0.1, 0.15) is 0 Å². The largest absolute Gasteiger partial charge is 0.375 e. The van der Waals surface area contributed by atoms with E-state index in [1.165, 1.54) is 0 Å². The van der Waals surface area contributed by atoms with Crippen molar-refractivity contribution < 1.29 is 38.7 Å². The Balaban J connectivity index is 3.13. The maximum Gasteiger partial charge on any atom is 0.326 e. The highest BCUT2D eigenvalue weighted by Gasteiger charge is 2.25. The topological polar surface area (TPSA) is 97.7 Å². The van der Waals surface area contributed by atoms with Gasteiger partial charge in [0.15, 0.2) is 11.6 Å². The lowest BCUT2D eigenvalue weighted by molar-refractivity contribution is 0.427. The molecule has 0 amide bonds. The van der Waals surface area contributed by atoms with Crippen molar-refractivity contribution in [1.29, 1.82) is 0 Å². The number of rotatable bonds is 4. The van der Waals surface area contributed by atoms with Gasteiger partial charge in [-0.25, -0.2) is 13.2 Å². The lowest BCUT2D eigenvalue weighted by atomic mass is 10.3. The molecule has 0 fully saturated rings. The standard InChI is InChI=1S/C7H5F3O6S2/c8-4-1-5(9)7(6(10)2-4)16-18(14,15)3-17(11,12)13/h1-2H,3H2,(H,11,12,13). The van der Waals surface area contributed by atoms with Gasteiger partial charge in [0.2, 0.25) is 10.8 Å². The van der Waals surface area contributed by atoms with Gasteiger partial charge in [-0.1, -0.05) is 0 Å². The van der Waals surface area contributed by atoms with Crippen LogP contribution in [0.2, 0.25) is 0 Å². The summed E-state index contributed by atoms with van der Waals surface area (Å²) in [4.78, 5) is 0. The van der Waals surface area contributed by atoms with Gasteiger partial charge in [0.05, 0.1) is 0 Å². The van der Waals surface area contributed by atoms with Crippen molar-refractivity contribution in [2.45, 2.75) is 0 Å². The molecular formula is C7H5F3O6S2. The fourth-order valence-corrected chi connectivity index (χ4v) is 3.01. The number of halogens is 3. The minimum absolute atomic E-state index is 0.140. The van der Waals surface area contributed by atoms with Crippen LogP contribution in [0.3, 0.4) is 0 Å². The summed E-state index contributed by atoms with van der Waals surface area (Å²) < 4.78 is 93.2. The number of hydrogen-bond donors (Lipinski definition) is 1. The van der Waals surface area contributed by atoms with E-state index in [0.717, 1.165) is 0 Å². The van der Waals surface area contributed by atoms with Crippen molar-refractivity contribution in [2.24, 2.45) is 0 Å². The van der Waals surface area contributed by atoms with Gasteiger partial charge in [0, 0.05) is 12.1 Å². The Bertz CT molecular complexity index is 643. The quantitative estimate of drug-likeness (QED) is 0.648. The molecule has 0 saturated heterocycles. The minimum Gasteiger partial charge on any atom is -0.375 e. The molecule has 0 unspecified atom stereocenters. The summed E-state index contributed by atoms with van der Waals surface area (Å²) in [5.74, 6) is -6.15. The Morgan fingerprint density at radius 1 is 1.06 bits per heavy atom. The Labute approximate surface area is 99.9 Å². The smallest absolute Gasteiger partial charge is 0.326 e. The third kappa shape index (κ3) is 4.16. The van der Waals surface area contributed by atoms with E-state index in [2.05, 4.69) is 4.18 Å². The molecule has 1 aromatic rings. The average molecular weight is 306 g/mol. The van der Waals surface area contributed by atoms with Crippen LogP contribution >= 0.6 is 0 Å². The fourth-order valence-electron chi connectivity index (χ4n) is 0.942. The van der Waals surface area contributed by atoms with Crippen LogP contribution in [-0.2, 0) is 20.2 Å². The van der Waals surface area contributed by atoms with E-state index < -0.39 is 48.5 Å². The van der Waals surface area contributed by atoms with E-state index >= 15 is 0 Å². The number of benzene rings is 1. The van der Waals surface area contributed by atoms with Gasteiger partial charge in [-0.05, 0) is 0 Å². The van der Waals surface area contributed by atoms with Crippen LogP contribution in [0, 0.1) is 17.5 Å². The van der Waals surface area contributed by atoms with Crippen LogP contribution in [0.5, 0.6) is 5.75 Å². The highest BCUT2D eigenvalue weighted by atomic mass is 32.3. The van der Waals surface area contributed by atoms with Crippen molar-refractivity contribution in [2.75, 3.05) is 5.08 Å². The van der Waals surface area contributed by atoms with Crippen molar-refractivity contribution in [1.82, 2.24) is 0 Å². The molecule has 0 aliphatic heterocycles. The predicted octanol–water partition coefficient (Wildman–Crippen LogP) is 0.658. The summed E-state index contributed by atoms with van der Waals surface area (Å²) in [6.45, 7) is 0. The summed E-state index contributed by atoms with van der Waals surface area (Å²) in [6.07, 6.45) is 0. The van der Waals surface area contributed by atoms with Gasteiger partial charge in [0.25, 0.3) is 10.1 Å². The molecule has 1 rings (SSSR count). The van der Waals surface area contributed by atoms with Gasteiger partial charge in [-0.3, -0.25) is 4.55 Å². The first-order valence-corrected chi connectivity index (χ1v) is 7.21. The van der Waals surface area contributed by atoms with Crippen molar-refractivity contribution >= 4 is 20.2 Å². The second-order valence-corrected chi connectivity index (χ2v) is 6.43. The maximum atomic E-state index is 13.0. The van der Waals surface area contributed by atoms with Crippen LogP contribution in [-0.4, -0.2) is 26.5 Å². The van der Waals surface area contributed by atoms with E-state index in [0.29, 0.717) is 0 Å². The van der Waals surface area contributed by atoms with E-state index in [-0.39, 0.29) is 12.1 Å². The first kappa shape index (κ1) is 14.7. The van der Waals surface area contributed by atoms with E-state index in [1.54, 1.807) is 0 Å². The summed E-state index contributed by atoms with van der Waals surface area (Å²) in [5.41, 5.74) is 0. The lowest BCUT2D eigenvalue weighted by Crippen LogP contribution is -2.21. The summed E-state index contributed by atoms with van der Waals surface area (Å²) in [5, 5.41) is -1.89. The van der Waals surface area contributed by atoms with Crippen LogP contribution in [0.25, 0.3) is 0 Å². The highest BCUT2D eigenvalue weighted by molar-refractivity contribution is 8.03. The third-order valence-electron chi connectivity index (χ3n) is 1.47. The average Bonchev–Trinajstić information content (AvgIpc) is 2.07. The number of hydrogen-bond acceptors (Lipinski definition) is 5. The molecule has 0 aliphatic carbocycles. The monoisotopic (exact) mass is 306 g/mol. The first-order valence-electron chi connectivity index (χ1n) is 4.02. The Hall–Kier alpha value is -1.33. The fraction of sp³-hybridized carbons (Fsp3) is 0.143. The molecule has 0 saturated carbocycles. The predicted molar refractivity (Wildman–Crippen MR) is 52.3 cm³/mol. The Morgan fingerprint density at radius 3 is 1.89 bits per heavy atom. The zero-order chi connectivity index (χ0) is 14.1. The Morgan fingerprint density at radius 2 is 1.50 bits per heavy atom. The van der Waals surface area contributed by atoms with Gasteiger partial charge < -0.3 is 4.18 Å². The summed E-state index contributed by atoms with van der Waals surface area (Å²) in [7, 11) is -9.96. The van der Waals surface area contributed by atoms with Crippen LogP contribution in [0.4, 0.5) is 13.2 Å². The van der Waals surface area contributed by atoms with Gasteiger partial charge in [0.1, 0.15) is 5.82 Å². The minimum atomic E-state index is -4.99. The van der Waals surface area contributed by atoms with Gasteiger partial charge in [-0.15, -0.1) is 0 Å². The lowest BCUT2D eigenvalue weighted by Gasteiger charge is -2.07. The molecule has 0 spiro atoms.